The van der Waals surface area contributed by atoms with E-state index >= 15 is 0 Å². The van der Waals surface area contributed by atoms with Crippen LogP contribution in [0, 0.1) is 5.82 Å². The van der Waals surface area contributed by atoms with Crippen LogP contribution in [0.25, 0.3) is 11.0 Å². The number of thiophene rings is 1. The molecule has 2 aromatic heterocycles. The summed E-state index contributed by atoms with van der Waals surface area (Å²) in [5.74, 6) is -0.154. The molecule has 1 aliphatic rings. The van der Waals surface area contributed by atoms with Crippen molar-refractivity contribution in [3.05, 3.63) is 57.2 Å². The zero-order valence-electron chi connectivity index (χ0n) is 10.6. The maximum absolute atomic E-state index is 13.2. The molecule has 4 rings (SSSR count). The molecule has 0 saturated heterocycles. The smallest absolute Gasteiger partial charge is 0.238 e. The van der Waals surface area contributed by atoms with E-state index < -0.39 is 0 Å². The maximum Gasteiger partial charge on any atom is 0.238 e. The predicted octanol–water partition coefficient (Wildman–Crippen LogP) is 4.35. The minimum Gasteiger partial charge on any atom is -0.453 e. The number of carbonyl (C=O) groups excluding carboxylic acids is 1. The van der Waals surface area contributed by atoms with Crippen LogP contribution in [0.3, 0.4) is 0 Å². The molecule has 0 fully saturated rings. The van der Waals surface area contributed by atoms with Crippen LogP contribution < -0.4 is 0 Å². The van der Waals surface area contributed by atoms with Gasteiger partial charge in [-0.25, -0.2) is 4.39 Å². The van der Waals surface area contributed by atoms with Crippen LogP contribution in [0.1, 0.15) is 32.3 Å². The summed E-state index contributed by atoms with van der Waals surface area (Å²) in [6.45, 7) is 0. The molecular weight excluding hydrogens is 275 g/mol. The summed E-state index contributed by atoms with van der Waals surface area (Å²) in [7, 11) is 0. The molecule has 0 N–H and O–H groups in total. The van der Waals surface area contributed by atoms with E-state index in [0.29, 0.717) is 15.8 Å². The molecule has 20 heavy (non-hydrogen) atoms. The minimum atomic E-state index is -0.326. The molecular formula is C16H11FO2S. The van der Waals surface area contributed by atoms with Gasteiger partial charge in [0.1, 0.15) is 11.4 Å². The summed E-state index contributed by atoms with van der Waals surface area (Å²) >= 11 is 1.55. The molecule has 4 heteroatoms. The lowest BCUT2D eigenvalue weighted by atomic mass is 10.2. The lowest BCUT2D eigenvalue weighted by molar-refractivity contribution is 0.101. The van der Waals surface area contributed by atoms with E-state index in [-0.39, 0.29) is 17.4 Å². The summed E-state index contributed by atoms with van der Waals surface area (Å²) in [5, 5.41) is 0.623. The van der Waals surface area contributed by atoms with Crippen molar-refractivity contribution < 1.29 is 13.6 Å². The number of ketones is 1. The molecule has 3 aromatic rings. The molecule has 0 amide bonds. The van der Waals surface area contributed by atoms with Gasteiger partial charge in [0.05, 0.1) is 4.88 Å². The Bertz CT molecular complexity index is 807. The first-order valence-corrected chi connectivity index (χ1v) is 7.38. The van der Waals surface area contributed by atoms with Gasteiger partial charge < -0.3 is 4.42 Å². The SMILES string of the molecule is O=C(c1cc2cc(F)ccc2o1)c1cc2c(s1)CCC2. The molecule has 0 bridgehead atoms. The highest BCUT2D eigenvalue weighted by Crippen LogP contribution is 2.32. The van der Waals surface area contributed by atoms with Crippen molar-refractivity contribution in [1.29, 1.82) is 0 Å². The Morgan fingerprint density at radius 3 is 2.95 bits per heavy atom. The van der Waals surface area contributed by atoms with Gasteiger partial charge in [-0.3, -0.25) is 4.79 Å². The van der Waals surface area contributed by atoms with Gasteiger partial charge in [-0.15, -0.1) is 11.3 Å². The molecule has 1 aromatic carbocycles. The van der Waals surface area contributed by atoms with E-state index in [4.69, 9.17) is 4.42 Å². The Kier molecular flexibility index (Phi) is 2.54. The third-order valence-electron chi connectivity index (χ3n) is 3.67. The van der Waals surface area contributed by atoms with Gasteiger partial charge in [-0.2, -0.15) is 0 Å². The molecule has 0 radical (unpaired) electrons. The van der Waals surface area contributed by atoms with Crippen molar-refractivity contribution in [3.63, 3.8) is 0 Å². The molecule has 1 aliphatic carbocycles. The van der Waals surface area contributed by atoms with E-state index in [9.17, 15) is 9.18 Å². The number of hydrogen-bond donors (Lipinski definition) is 0. The van der Waals surface area contributed by atoms with Crippen molar-refractivity contribution in [3.8, 4) is 0 Å². The molecule has 0 aliphatic heterocycles. The fraction of sp³-hybridized carbons (Fsp3) is 0.188. The van der Waals surface area contributed by atoms with Crippen molar-refractivity contribution >= 4 is 28.1 Å². The van der Waals surface area contributed by atoms with Crippen LogP contribution in [0.4, 0.5) is 4.39 Å². The van der Waals surface area contributed by atoms with Crippen molar-refractivity contribution in [2.75, 3.05) is 0 Å². The van der Waals surface area contributed by atoms with Crippen molar-refractivity contribution in [2.45, 2.75) is 19.3 Å². The topological polar surface area (TPSA) is 30.2 Å². The molecule has 2 nitrogen and oxygen atoms in total. The van der Waals surface area contributed by atoms with E-state index in [0.717, 1.165) is 12.8 Å². The first-order valence-electron chi connectivity index (χ1n) is 6.56. The summed E-state index contributed by atoms with van der Waals surface area (Å²) < 4.78 is 18.7. The van der Waals surface area contributed by atoms with E-state index in [1.165, 1.54) is 29.0 Å². The Morgan fingerprint density at radius 2 is 2.10 bits per heavy atom. The molecule has 100 valence electrons. The highest BCUT2D eigenvalue weighted by Gasteiger charge is 2.21. The monoisotopic (exact) mass is 286 g/mol. The molecule has 2 heterocycles. The third-order valence-corrected chi connectivity index (χ3v) is 4.91. The second-order valence-corrected chi connectivity index (χ2v) is 6.17. The van der Waals surface area contributed by atoms with Crippen molar-refractivity contribution in [1.82, 2.24) is 0 Å². The minimum absolute atomic E-state index is 0.110. The fourth-order valence-corrected chi connectivity index (χ4v) is 3.89. The summed E-state index contributed by atoms with van der Waals surface area (Å²) in [5.41, 5.74) is 1.83. The van der Waals surface area contributed by atoms with Gasteiger partial charge in [-0.05, 0) is 55.2 Å². The summed E-state index contributed by atoms with van der Waals surface area (Å²) in [6.07, 6.45) is 3.31. The van der Waals surface area contributed by atoms with Crippen LogP contribution in [-0.4, -0.2) is 5.78 Å². The van der Waals surface area contributed by atoms with Gasteiger partial charge >= 0.3 is 0 Å². The number of benzene rings is 1. The first-order chi connectivity index (χ1) is 9.70. The molecule has 0 unspecified atom stereocenters. The molecule has 0 saturated carbocycles. The first kappa shape index (κ1) is 11.9. The second-order valence-electron chi connectivity index (χ2n) is 5.03. The van der Waals surface area contributed by atoms with E-state index in [2.05, 4.69) is 0 Å². The van der Waals surface area contributed by atoms with Gasteiger partial charge in [0.25, 0.3) is 0 Å². The number of aryl methyl sites for hydroxylation is 2. The summed E-state index contributed by atoms with van der Waals surface area (Å²) in [6, 6.07) is 7.86. The van der Waals surface area contributed by atoms with Crippen LogP contribution in [0.2, 0.25) is 0 Å². The van der Waals surface area contributed by atoms with Crippen LogP contribution >= 0.6 is 11.3 Å². The van der Waals surface area contributed by atoms with Crippen LogP contribution in [-0.2, 0) is 12.8 Å². The number of carbonyl (C=O) groups is 1. The maximum atomic E-state index is 13.2. The van der Waals surface area contributed by atoms with E-state index in [1.54, 1.807) is 23.5 Å². The number of rotatable bonds is 2. The Labute approximate surface area is 118 Å². The standard InChI is InChI=1S/C16H11FO2S/c17-11-4-5-12-10(6-11)7-13(19-12)16(18)15-8-9-2-1-3-14(9)20-15/h4-8H,1-3H2. The number of fused-ring (bicyclic) bond motifs is 2. The van der Waals surface area contributed by atoms with Crippen LogP contribution in [0.5, 0.6) is 0 Å². The number of halogens is 1. The molecule has 0 spiro atoms. The predicted molar refractivity (Wildman–Crippen MR) is 75.9 cm³/mol. The largest absolute Gasteiger partial charge is 0.453 e. The van der Waals surface area contributed by atoms with Gasteiger partial charge in [0.2, 0.25) is 5.78 Å². The normalized spacial score (nSPS) is 13.8. The number of hydrogen-bond acceptors (Lipinski definition) is 3. The third kappa shape index (κ3) is 1.79. The van der Waals surface area contributed by atoms with Gasteiger partial charge in [-0.1, -0.05) is 0 Å². The number of furan rings is 1. The highest BCUT2D eigenvalue weighted by molar-refractivity contribution is 7.14. The average molecular weight is 286 g/mol. The van der Waals surface area contributed by atoms with Gasteiger partial charge in [0, 0.05) is 10.3 Å². The average Bonchev–Trinajstić information content (AvgIpc) is 3.10. The molecule has 0 atom stereocenters. The highest BCUT2D eigenvalue weighted by atomic mass is 32.1. The van der Waals surface area contributed by atoms with Crippen LogP contribution in [0.15, 0.2) is 34.7 Å². The Balaban J connectivity index is 1.75. The van der Waals surface area contributed by atoms with Gasteiger partial charge in [0.15, 0.2) is 5.76 Å². The van der Waals surface area contributed by atoms with E-state index in [1.807, 2.05) is 6.07 Å². The second kappa shape index (κ2) is 4.28. The zero-order chi connectivity index (χ0) is 13.7. The quantitative estimate of drug-likeness (QED) is 0.655. The lowest BCUT2D eigenvalue weighted by Crippen LogP contribution is -1.95. The fourth-order valence-electron chi connectivity index (χ4n) is 2.69. The summed E-state index contributed by atoms with van der Waals surface area (Å²) in [4.78, 5) is 14.5. The lowest BCUT2D eigenvalue weighted by Gasteiger charge is -1.92. The zero-order valence-corrected chi connectivity index (χ0v) is 11.4. The Morgan fingerprint density at radius 1 is 1.20 bits per heavy atom. The Hall–Kier alpha value is -1.94. The van der Waals surface area contributed by atoms with Crippen molar-refractivity contribution in [2.24, 2.45) is 0 Å².